The van der Waals surface area contributed by atoms with Crippen LogP contribution in [0.25, 0.3) is 0 Å². The Hall–Kier alpha value is -0.650. The SMILES string of the molecule is CCCCCCSc1nc(C)cc(CN2CCCC(O)C2)n1. The first-order valence-electron chi connectivity index (χ1n) is 8.55. The maximum absolute atomic E-state index is 9.78. The Balaban J connectivity index is 1.86. The molecule has 1 aliphatic heterocycles. The molecule has 5 heteroatoms. The summed E-state index contributed by atoms with van der Waals surface area (Å²) >= 11 is 1.77. The normalized spacial score (nSPS) is 19.5. The lowest BCUT2D eigenvalue weighted by molar-refractivity contribution is 0.0661. The van der Waals surface area contributed by atoms with Crippen molar-refractivity contribution < 1.29 is 5.11 Å². The summed E-state index contributed by atoms with van der Waals surface area (Å²) in [5.74, 6) is 1.10. The molecule has 0 aromatic carbocycles. The van der Waals surface area contributed by atoms with Gasteiger partial charge in [-0.3, -0.25) is 4.90 Å². The molecule has 22 heavy (non-hydrogen) atoms. The molecule has 0 bridgehead atoms. The smallest absolute Gasteiger partial charge is 0.188 e. The molecule has 0 radical (unpaired) electrons. The fraction of sp³-hybridized carbons (Fsp3) is 0.765. The van der Waals surface area contributed by atoms with Gasteiger partial charge in [0, 0.05) is 24.5 Å². The molecule has 0 aliphatic carbocycles. The molecular formula is C17H29N3OS. The summed E-state index contributed by atoms with van der Waals surface area (Å²) in [6.07, 6.45) is 6.96. The van der Waals surface area contributed by atoms with Gasteiger partial charge in [-0.2, -0.15) is 0 Å². The van der Waals surface area contributed by atoms with Crippen molar-refractivity contribution in [1.82, 2.24) is 14.9 Å². The second-order valence-corrected chi connectivity index (χ2v) is 7.29. The summed E-state index contributed by atoms with van der Waals surface area (Å²) in [6.45, 7) is 6.92. The number of β-amino-alcohol motifs (C(OH)–C–C–N with tert-alkyl or cyclic N) is 1. The van der Waals surface area contributed by atoms with Crippen LogP contribution in [0, 0.1) is 6.92 Å². The van der Waals surface area contributed by atoms with E-state index in [0.717, 1.165) is 54.8 Å². The van der Waals surface area contributed by atoms with Crippen molar-refractivity contribution >= 4 is 11.8 Å². The molecule has 1 saturated heterocycles. The van der Waals surface area contributed by atoms with Gasteiger partial charge >= 0.3 is 0 Å². The monoisotopic (exact) mass is 323 g/mol. The molecule has 0 amide bonds. The first-order chi connectivity index (χ1) is 10.7. The van der Waals surface area contributed by atoms with Gasteiger partial charge in [-0.15, -0.1) is 0 Å². The minimum Gasteiger partial charge on any atom is -0.392 e. The lowest BCUT2D eigenvalue weighted by Gasteiger charge is -2.29. The highest BCUT2D eigenvalue weighted by molar-refractivity contribution is 7.99. The quantitative estimate of drug-likeness (QED) is 0.451. The maximum Gasteiger partial charge on any atom is 0.188 e. The van der Waals surface area contributed by atoms with Crippen LogP contribution in [0.3, 0.4) is 0 Å². The molecule has 1 aromatic rings. The average Bonchev–Trinajstić information content (AvgIpc) is 2.46. The molecule has 1 aliphatic rings. The van der Waals surface area contributed by atoms with E-state index in [2.05, 4.69) is 22.9 Å². The molecule has 1 N–H and O–H groups in total. The van der Waals surface area contributed by atoms with Gasteiger partial charge in [0.1, 0.15) is 0 Å². The Bertz CT molecular complexity index is 456. The number of thioether (sulfide) groups is 1. The van der Waals surface area contributed by atoms with Crippen molar-refractivity contribution in [3.8, 4) is 0 Å². The molecule has 1 aromatic heterocycles. The number of likely N-dealkylation sites (tertiary alicyclic amines) is 1. The van der Waals surface area contributed by atoms with E-state index in [-0.39, 0.29) is 6.10 Å². The third kappa shape index (κ3) is 6.23. The van der Waals surface area contributed by atoms with E-state index in [1.165, 1.54) is 25.7 Å². The van der Waals surface area contributed by atoms with Crippen LogP contribution in [0.4, 0.5) is 0 Å². The van der Waals surface area contributed by atoms with Crippen LogP contribution in [0.5, 0.6) is 0 Å². The van der Waals surface area contributed by atoms with Gasteiger partial charge in [-0.25, -0.2) is 9.97 Å². The highest BCUT2D eigenvalue weighted by atomic mass is 32.2. The molecule has 2 rings (SSSR count). The van der Waals surface area contributed by atoms with Gasteiger partial charge in [0.25, 0.3) is 0 Å². The van der Waals surface area contributed by atoms with Gasteiger partial charge in [-0.1, -0.05) is 37.9 Å². The van der Waals surface area contributed by atoms with Gasteiger partial charge in [-0.05, 0) is 38.8 Å². The fourth-order valence-corrected chi connectivity index (χ4v) is 3.77. The van der Waals surface area contributed by atoms with Crippen LogP contribution in [0.2, 0.25) is 0 Å². The molecule has 124 valence electrons. The Labute approximate surface area is 138 Å². The largest absolute Gasteiger partial charge is 0.392 e. The highest BCUT2D eigenvalue weighted by Crippen LogP contribution is 2.18. The predicted molar refractivity (Wildman–Crippen MR) is 92.2 cm³/mol. The van der Waals surface area contributed by atoms with Crippen LogP contribution in [0.1, 0.15) is 56.8 Å². The number of hydrogen-bond donors (Lipinski definition) is 1. The van der Waals surface area contributed by atoms with E-state index in [1.54, 1.807) is 11.8 Å². The summed E-state index contributed by atoms with van der Waals surface area (Å²) < 4.78 is 0. The standard InChI is InChI=1S/C17H29N3OS/c1-3-4-5-6-10-22-17-18-14(2)11-15(19-17)12-20-9-7-8-16(21)13-20/h11,16,21H,3-10,12-13H2,1-2H3. The first-order valence-corrected chi connectivity index (χ1v) is 9.53. The van der Waals surface area contributed by atoms with Crippen LogP contribution >= 0.6 is 11.8 Å². The van der Waals surface area contributed by atoms with Crippen molar-refractivity contribution in [2.75, 3.05) is 18.8 Å². The molecule has 0 spiro atoms. The molecule has 2 heterocycles. The zero-order valence-corrected chi connectivity index (χ0v) is 14.7. The van der Waals surface area contributed by atoms with Crippen LogP contribution in [0.15, 0.2) is 11.2 Å². The number of aliphatic hydroxyl groups excluding tert-OH is 1. The third-order valence-electron chi connectivity index (χ3n) is 3.98. The number of aliphatic hydroxyl groups is 1. The second-order valence-electron chi connectivity index (χ2n) is 6.22. The van der Waals surface area contributed by atoms with E-state index in [9.17, 15) is 5.11 Å². The summed E-state index contributed by atoms with van der Waals surface area (Å²) in [5, 5.41) is 10.7. The van der Waals surface area contributed by atoms with Crippen molar-refractivity contribution in [3.63, 3.8) is 0 Å². The first kappa shape index (κ1) is 17.7. The minimum atomic E-state index is -0.177. The Morgan fingerprint density at radius 3 is 2.95 bits per heavy atom. The van der Waals surface area contributed by atoms with Crippen molar-refractivity contribution in [3.05, 3.63) is 17.5 Å². The zero-order chi connectivity index (χ0) is 15.8. The van der Waals surface area contributed by atoms with Crippen LogP contribution in [-0.2, 0) is 6.54 Å². The summed E-state index contributed by atoms with van der Waals surface area (Å²) in [6, 6.07) is 2.07. The van der Waals surface area contributed by atoms with Gasteiger partial charge < -0.3 is 5.11 Å². The van der Waals surface area contributed by atoms with Crippen LogP contribution in [-0.4, -0.2) is 44.9 Å². The molecule has 1 unspecified atom stereocenters. The fourth-order valence-electron chi connectivity index (χ4n) is 2.85. The number of aromatic nitrogens is 2. The van der Waals surface area contributed by atoms with Crippen molar-refractivity contribution in [2.24, 2.45) is 0 Å². The number of rotatable bonds is 8. The van der Waals surface area contributed by atoms with Crippen molar-refractivity contribution in [1.29, 1.82) is 0 Å². The zero-order valence-electron chi connectivity index (χ0n) is 13.9. The molecule has 1 atom stereocenters. The summed E-state index contributed by atoms with van der Waals surface area (Å²) in [7, 11) is 0. The number of nitrogens with zero attached hydrogens (tertiary/aromatic N) is 3. The third-order valence-corrected chi connectivity index (χ3v) is 4.92. The lowest BCUT2D eigenvalue weighted by Crippen LogP contribution is -2.37. The Morgan fingerprint density at radius 1 is 1.32 bits per heavy atom. The molecule has 4 nitrogen and oxygen atoms in total. The van der Waals surface area contributed by atoms with Gasteiger partial charge in [0.05, 0.1) is 11.8 Å². The molecular weight excluding hydrogens is 294 g/mol. The lowest BCUT2D eigenvalue weighted by atomic mass is 10.1. The predicted octanol–water partition coefficient (Wildman–Crippen LogP) is 3.41. The maximum atomic E-state index is 9.78. The number of aryl methyl sites for hydroxylation is 1. The van der Waals surface area contributed by atoms with Crippen molar-refractivity contribution in [2.45, 2.75) is 70.2 Å². The van der Waals surface area contributed by atoms with Gasteiger partial charge in [0.15, 0.2) is 5.16 Å². The van der Waals surface area contributed by atoms with Gasteiger partial charge in [0.2, 0.25) is 0 Å². The number of unbranched alkanes of at least 4 members (excludes halogenated alkanes) is 3. The Kier molecular flexibility index (Phi) is 7.63. The van der Waals surface area contributed by atoms with Crippen LogP contribution < -0.4 is 0 Å². The topological polar surface area (TPSA) is 49.2 Å². The highest BCUT2D eigenvalue weighted by Gasteiger charge is 2.18. The average molecular weight is 324 g/mol. The Morgan fingerprint density at radius 2 is 2.18 bits per heavy atom. The van der Waals surface area contributed by atoms with E-state index >= 15 is 0 Å². The van der Waals surface area contributed by atoms with E-state index in [0.29, 0.717) is 0 Å². The molecule has 0 saturated carbocycles. The summed E-state index contributed by atoms with van der Waals surface area (Å²) in [5.41, 5.74) is 2.12. The summed E-state index contributed by atoms with van der Waals surface area (Å²) in [4.78, 5) is 11.5. The second kappa shape index (κ2) is 9.48. The van der Waals surface area contributed by atoms with E-state index in [4.69, 9.17) is 4.98 Å². The van der Waals surface area contributed by atoms with E-state index < -0.39 is 0 Å². The molecule has 1 fully saturated rings. The minimum absolute atomic E-state index is 0.177. The van der Waals surface area contributed by atoms with E-state index in [1.807, 2.05) is 6.92 Å². The number of piperidine rings is 1. The number of hydrogen-bond acceptors (Lipinski definition) is 5.